The molecule has 0 saturated heterocycles. The summed E-state index contributed by atoms with van der Waals surface area (Å²) in [6.07, 6.45) is 0. The first kappa shape index (κ1) is 16.1. The first-order valence-corrected chi connectivity index (χ1v) is 7.32. The number of alkyl halides is 2. The summed E-state index contributed by atoms with van der Waals surface area (Å²) < 4.78 is 30.3. The summed E-state index contributed by atoms with van der Waals surface area (Å²) in [4.78, 5) is 0. The molecule has 0 bridgehead atoms. The van der Waals surface area contributed by atoms with Crippen LogP contribution in [0.1, 0.15) is 5.82 Å². The van der Waals surface area contributed by atoms with E-state index in [9.17, 15) is 8.78 Å². The molecule has 0 aliphatic carbocycles. The zero-order chi connectivity index (χ0) is 16.9. The van der Waals surface area contributed by atoms with Crippen molar-refractivity contribution in [1.82, 2.24) is 20.2 Å². The van der Waals surface area contributed by atoms with Crippen LogP contribution in [0, 0.1) is 0 Å². The number of para-hydroxylation sites is 1. The fourth-order valence-corrected chi connectivity index (χ4v) is 2.29. The van der Waals surface area contributed by atoms with Crippen LogP contribution in [0.25, 0.3) is 5.69 Å². The lowest BCUT2D eigenvalue weighted by molar-refractivity contribution is -0.0497. The summed E-state index contributed by atoms with van der Waals surface area (Å²) in [5.74, 6) is 0.511. The van der Waals surface area contributed by atoms with E-state index in [4.69, 9.17) is 11.6 Å². The second-order valence-electron chi connectivity index (χ2n) is 4.72. The van der Waals surface area contributed by atoms with Crippen LogP contribution in [0.3, 0.4) is 0 Å². The third-order valence-corrected chi connectivity index (χ3v) is 3.43. The average Bonchev–Trinajstić information content (AvgIpc) is 3.04. The lowest BCUT2D eigenvalue weighted by atomic mass is 10.3. The first-order valence-electron chi connectivity index (χ1n) is 6.94. The smallest absolute Gasteiger partial charge is 0.387 e. The molecule has 24 heavy (non-hydrogen) atoms. The van der Waals surface area contributed by atoms with Crippen LogP contribution in [0.4, 0.5) is 14.5 Å². The summed E-state index contributed by atoms with van der Waals surface area (Å²) in [6, 6.07) is 13.9. The van der Waals surface area contributed by atoms with Gasteiger partial charge in [0.15, 0.2) is 5.82 Å². The summed E-state index contributed by atoms with van der Waals surface area (Å²) in [5, 5.41) is 14.8. The van der Waals surface area contributed by atoms with Crippen molar-refractivity contribution in [3.05, 3.63) is 59.4 Å². The summed E-state index contributed by atoms with van der Waals surface area (Å²) in [5.41, 5.74) is 1.46. The number of nitrogens with one attached hydrogen (secondary N) is 1. The Morgan fingerprint density at radius 3 is 2.67 bits per heavy atom. The number of tetrazole rings is 1. The van der Waals surface area contributed by atoms with E-state index in [-0.39, 0.29) is 10.8 Å². The SMILES string of the molecule is FC(F)Oc1ccc(NCc2nnnn2-c2ccccc2)cc1Cl. The van der Waals surface area contributed by atoms with Crippen LogP contribution < -0.4 is 10.1 Å². The molecular weight excluding hydrogens is 340 g/mol. The first-order chi connectivity index (χ1) is 11.6. The molecule has 0 unspecified atom stereocenters. The summed E-state index contributed by atoms with van der Waals surface area (Å²) in [6.45, 7) is -2.59. The number of hydrogen-bond donors (Lipinski definition) is 1. The average molecular weight is 352 g/mol. The van der Waals surface area contributed by atoms with Crippen molar-refractivity contribution < 1.29 is 13.5 Å². The largest absolute Gasteiger partial charge is 0.433 e. The van der Waals surface area contributed by atoms with Gasteiger partial charge in [-0.1, -0.05) is 29.8 Å². The van der Waals surface area contributed by atoms with E-state index in [2.05, 4.69) is 25.6 Å². The number of nitrogens with zero attached hydrogens (tertiary/aromatic N) is 4. The summed E-state index contributed by atoms with van der Waals surface area (Å²) >= 11 is 5.92. The Balaban J connectivity index is 1.71. The maximum Gasteiger partial charge on any atom is 0.387 e. The van der Waals surface area contributed by atoms with Gasteiger partial charge in [0.25, 0.3) is 0 Å². The molecule has 0 aliphatic heterocycles. The molecule has 6 nitrogen and oxygen atoms in total. The van der Waals surface area contributed by atoms with Gasteiger partial charge in [-0.2, -0.15) is 13.5 Å². The van der Waals surface area contributed by atoms with Gasteiger partial charge >= 0.3 is 6.61 Å². The number of anilines is 1. The number of hydrogen-bond acceptors (Lipinski definition) is 5. The highest BCUT2D eigenvalue weighted by Crippen LogP contribution is 2.29. The van der Waals surface area contributed by atoms with Crippen molar-refractivity contribution in [2.24, 2.45) is 0 Å². The number of rotatable bonds is 6. The molecular formula is C15H12ClF2N5O. The normalized spacial score (nSPS) is 10.8. The second kappa shape index (κ2) is 7.22. The fraction of sp³-hybridized carbons (Fsp3) is 0.133. The van der Waals surface area contributed by atoms with Crippen molar-refractivity contribution in [3.63, 3.8) is 0 Å². The highest BCUT2D eigenvalue weighted by Gasteiger charge is 2.11. The molecule has 0 atom stereocenters. The van der Waals surface area contributed by atoms with E-state index in [0.29, 0.717) is 18.1 Å². The molecule has 1 N–H and O–H groups in total. The Morgan fingerprint density at radius 1 is 1.17 bits per heavy atom. The van der Waals surface area contributed by atoms with Crippen molar-refractivity contribution in [3.8, 4) is 11.4 Å². The standard InChI is InChI=1S/C15H12ClF2N5O/c16-12-8-10(6-7-13(12)24-15(17)18)19-9-14-20-21-22-23(14)11-4-2-1-3-5-11/h1-8,15,19H,9H2. The third kappa shape index (κ3) is 3.77. The predicted molar refractivity (Wildman–Crippen MR) is 84.6 cm³/mol. The zero-order valence-corrected chi connectivity index (χ0v) is 13.0. The Hall–Kier alpha value is -2.74. The molecule has 124 valence electrons. The van der Waals surface area contributed by atoms with Crippen molar-refractivity contribution in [2.75, 3.05) is 5.32 Å². The Kier molecular flexibility index (Phi) is 4.85. The molecule has 3 rings (SSSR count). The van der Waals surface area contributed by atoms with E-state index < -0.39 is 6.61 Å². The zero-order valence-electron chi connectivity index (χ0n) is 12.2. The van der Waals surface area contributed by atoms with Crippen molar-refractivity contribution >= 4 is 17.3 Å². The quantitative estimate of drug-likeness (QED) is 0.736. The fourth-order valence-electron chi connectivity index (χ4n) is 2.07. The predicted octanol–water partition coefficient (Wildman–Crippen LogP) is 3.53. The van der Waals surface area contributed by atoms with Crippen molar-refractivity contribution in [2.45, 2.75) is 13.2 Å². The van der Waals surface area contributed by atoms with Gasteiger partial charge in [-0.15, -0.1) is 5.10 Å². The van der Waals surface area contributed by atoms with Crippen LogP contribution in [0.2, 0.25) is 5.02 Å². The monoisotopic (exact) mass is 351 g/mol. The highest BCUT2D eigenvalue weighted by molar-refractivity contribution is 6.32. The lowest BCUT2D eigenvalue weighted by Crippen LogP contribution is -2.08. The maximum atomic E-state index is 12.2. The number of halogens is 3. The minimum atomic E-state index is -2.92. The molecule has 0 amide bonds. The van der Waals surface area contributed by atoms with E-state index in [1.807, 2.05) is 30.3 Å². The van der Waals surface area contributed by atoms with Crippen LogP contribution >= 0.6 is 11.6 Å². The van der Waals surface area contributed by atoms with Gasteiger partial charge in [0, 0.05) is 5.69 Å². The Labute approximate surface area is 141 Å². The molecule has 1 aromatic heterocycles. The molecule has 9 heteroatoms. The minimum Gasteiger partial charge on any atom is -0.433 e. The van der Waals surface area contributed by atoms with Gasteiger partial charge in [0.2, 0.25) is 0 Å². The third-order valence-electron chi connectivity index (χ3n) is 3.13. The minimum absolute atomic E-state index is 0.0775. The van der Waals surface area contributed by atoms with Crippen LogP contribution in [0.5, 0.6) is 5.75 Å². The van der Waals surface area contributed by atoms with E-state index in [1.165, 1.54) is 12.1 Å². The number of ether oxygens (including phenoxy) is 1. The van der Waals surface area contributed by atoms with Gasteiger partial charge in [-0.3, -0.25) is 0 Å². The molecule has 0 spiro atoms. The highest BCUT2D eigenvalue weighted by atomic mass is 35.5. The molecule has 2 aromatic carbocycles. The molecule has 0 fully saturated rings. The summed E-state index contributed by atoms with van der Waals surface area (Å²) in [7, 11) is 0. The van der Waals surface area contributed by atoms with Gasteiger partial charge in [0.05, 0.1) is 17.3 Å². The molecule has 0 radical (unpaired) electrons. The van der Waals surface area contributed by atoms with Crippen LogP contribution in [-0.2, 0) is 6.54 Å². The topological polar surface area (TPSA) is 64.9 Å². The number of aromatic nitrogens is 4. The number of benzene rings is 2. The van der Waals surface area contributed by atoms with Gasteiger partial charge < -0.3 is 10.1 Å². The molecule has 0 saturated carbocycles. The Bertz CT molecular complexity index is 813. The van der Waals surface area contributed by atoms with Crippen LogP contribution in [0.15, 0.2) is 48.5 Å². The van der Waals surface area contributed by atoms with E-state index in [1.54, 1.807) is 10.7 Å². The second-order valence-corrected chi connectivity index (χ2v) is 5.13. The van der Waals surface area contributed by atoms with E-state index in [0.717, 1.165) is 5.69 Å². The van der Waals surface area contributed by atoms with E-state index >= 15 is 0 Å². The maximum absolute atomic E-state index is 12.2. The molecule has 1 heterocycles. The Morgan fingerprint density at radius 2 is 1.96 bits per heavy atom. The molecule has 3 aromatic rings. The van der Waals surface area contributed by atoms with Gasteiger partial charge in [0.1, 0.15) is 5.75 Å². The van der Waals surface area contributed by atoms with Crippen molar-refractivity contribution in [1.29, 1.82) is 0 Å². The molecule has 0 aliphatic rings. The van der Waals surface area contributed by atoms with Gasteiger partial charge in [-0.25, -0.2) is 0 Å². The van der Waals surface area contributed by atoms with Gasteiger partial charge in [-0.05, 0) is 40.8 Å². The van der Waals surface area contributed by atoms with Crippen LogP contribution in [-0.4, -0.2) is 26.8 Å². The lowest BCUT2D eigenvalue weighted by Gasteiger charge is -2.10.